The quantitative estimate of drug-likeness (QED) is 0.0269. The van der Waals surface area contributed by atoms with Gasteiger partial charge >= 0.3 is 5.97 Å². The van der Waals surface area contributed by atoms with Gasteiger partial charge in [-0.25, -0.2) is 4.79 Å². The number of halogens is 1. The van der Waals surface area contributed by atoms with Crippen LogP contribution in [0, 0.1) is 35.5 Å². The Hall–Kier alpha value is -7.77. The average molecular weight is 1910 g/mol. The number of aromatic hydroxyl groups is 5. The van der Waals surface area contributed by atoms with Crippen molar-refractivity contribution in [3.8, 4) is 57.5 Å². The van der Waals surface area contributed by atoms with Crippen LogP contribution in [0.1, 0.15) is 223 Å². The average Bonchev–Trinajstić information content (AvgIpc) is 1.55. The number of piperidine rings is 5. The van der Waals surface area contributed by atoms with Gasteiger partial charge in [0.2, 0.25) is 5.91 Å². The minimum atomic E-state index is -0.986. The summed E-state index contributed by atoms with van der Waals surface area (Å²) in [6.07, 6.45) is 30.4. The number of aliphatic hydroxyl groups is 5. The summed E-state index contributed by atoms with van der Waals surface area (Å²) in [6, 6.07) is 19.4. The van der Waals surface area contributed by atoms with Gasteiger partial charge in [0.25, 0.3) is 0 Å². The SMILES string of the molecule is C=C1CC[C@@]2(O)[C@H]3Cc4ccc(O)c5c4[C@@]2(CCN3CC2CC2)C1O5.COC(=O)/C=C/C(=O)N[C@@H]1CC[C@@]2(O)[C@H]3Cc4ccc(O)c5c4[C@@]2(CCN3CC2CC2)C1O5.C[N+]1(CC2CC2)CC[C@]23c4c5ccc(O)c4OC2C(=O)CC[C@@]3(O)[C@H]1C5.N[C@@H]1CC[C@@]2(O)[C@H]3Cc4ccc(O)c5c4[C@@]2(CCN3CC2CC2)C1O5.Oc1ccc2c3c1OC1[C@@H](O)CC[C@H]4[C@@H](C2)N(CC2CCC2)CC[C@]314.[Br-]. The van der Waals surface area contributed by atoms with Crippen molar-refractivity contribution in [1.29, 1.82) is 0 Å². The van der Waals surface area contributed by atoms with Gasteiger partial charge in [-0.15, -0.1) is 0 Å². The van der Waals surface area contributed by atoms with E-state index in [9.17, 15) is 65.4 Å². The van der Waals surface area contributed by atoms with Crippen LogP contribution in [0.3, 0.4) is 0 Å². The van der Waals surface area contributed by atoms with Crippen LogP contribution in [0.4, 0.5) is 0 Å². The maximum Gasteiger partial charge on any atom is 0.330 e. The molecule has 5 aromatic rings. The number of rotatable bonds is 13. The maximum absolute atomic E-state index is 12.8. The van der Waals surface area contributed by atoms with Crippen molar-refractivity contribution in [2.75, 3.05) is 79.6 Å². The summed E-state index contributed by atoms with van der Waals surface area (Å²) in [7, 11) is 3.57. The third kappa shape index (κ3) is 12.2. The third-order valence-electron chi connectivity index (χ3n) is 40.6. The lowest BCUT2D eigenvalue weighted by Gasteiger charge is -2.64. The van der Waals surface area contributed by atoms with Gasteiger partial charge in [0.05, 0.1) is 77.9 Å². The normalized spacial score (nSPS) is 41.2. The molecule has 25 aliphatic rings. The highest BCUT2D eigenvalue weighted by Gasteiger charge is 2.80. The van der Waals surface area contributed by atoms with Gasteiger partial charge in [-0.3, -0.25) is 29.2 Å². The Bertz CT molecular complexity index is 5800. The molecule has 30 rings (SSSR count). The van der Waals surface area contributed by atoms with Crippen molar-refractivity contribution in [1.82, 2.24) is 24.9 Å². The Balaban J connectivity index is 0.0000000902. The minimum Gasteiger partial charge on any atom is -1.00 e. The number of likely N-dealkylation sites (N-methyl/N-ethyl adjacent to an activating group) is 1. The Kier molecular flexibility index (Phi) is 20.3. The van der Waals surface area contributed by atoms with Crippen molar-refractivity contribution < 1.29 is 115 Å². The van der Waals surface area contributed by atoms with E-state index in [-0.39, 0.29) is 111 Å². The Morgan fingerprint density at radius 3 is 1.47 bits per heavy atom. The number of nitrogens with one attached hydrogen (secondary N) is 1. The molecule has 5 spiro atoms. The second-order valence-electron chi connectivity index (χ2n) is 46.9. The van der Waals surface area contributed by atoms with Crippen molar-refractivity contribution >= 4 is 17.7 Å². The molecule has 15 aliphatic carbocycles. The van der Waals surface area contributed by atoms with E-state index < -0.39 is 74.3 Å². The molecule has 27 heteroatoms. The Morgan fingerprint density at radius 1 is 0.481 bits per heavy atom. The molecule has 722 valence electrons. The Morgan fingerprint density at radius 2 is 0.926 bits per heavy atom. The van der Waals surface area contributed by atoms with Crippen LogP contribution >= 0.6 is 0 Å². The van der Waals surface area contributed by atoms with E-state index in [1.54, 1.807) is 30.3 Å². The topological polar surface area (TPSA) is 360 Å². The fourth-order valence-electron chi connectivity index (χ4n) is 33.8. The number of carbonyl (C=O) groups excluding carboxylic acids is 3. The van der Waals surface area contributed by atoms with Crippen LogP contribution in [0.25, 0.3) is 0 Å². The molecule has 24 atom stereocenters. The van der Waals surface area contributed by atoms with E-state index in [4.69, 9.17) is 29.4 Å². The van der Waals surface area contributed by atoms with E-state index in [1.165, 1.54) is 107 Å². The van der Waals surface area contributed by atoms with Crippen molar-refractivity contribution in [2.24, 2.45) is 41.2 Å². The number of benzene rings is 5. The first kappa shape index (κ1) is 88.6. The number of phenolic OH excluding ortho intramolecular Hbond substituents is 5. The molecule has 0 radical (unpaired) electrons. The highest BCUT2D eigenvalue weighted by atomic mass is 79.9. The molecular formula is C108H134BrN7O19. The van der Waals surface area contributed by atoms with Gasteiger partial charge in [0.15, 0.2) is 69.4 Å². The predicted molar refractivity (Wildman–Crippen MR) is 493 cm³/mol. The van der Waals surface area contributed by atoms with Crippen LogP contribution < -0.4 is 51.7 Å². The summed E-state index contributed by atoms with van der Waals surface area (Å²) < 4.78 is 36.8. The zero-order valence-electron chi connectivity index (χ0n) is 77.9. The smallest absolute Gasteiger partial charge is 0.330 e. The standard InChI is InChI=1S/C25H30N2O6.C21H25NO4.C21H25NO3.C21H27NO3.C20H26N2O3.BrH/c1-32-20(30)7-6-19(29)26-16-8-9-25(31)18-12-15-4-5-17(28)22-21(15)24(25,23(16)33-22)10-11-27(18)13-14-2-3-14;1-22(11-12-2-3-12)9-8-20-17-13-4-5-14(23)18(17)26-19(20)15(24)6-7-21(20,25)16(22)10-13;1-12-6-7-21(24)16-10-14-4-5-15(23)18-17(14)20(21,19(12)25-18)8-9-22(16)11-13-2-3-13;23-16-6-4-13-10-15-14-5-7-17(24)20-21(14,18(13)19(16)25-20)8-9-22(15)11-12-2-1-3-12;21-13-5-6-20(24)15-9-12-3-4-14(23)17-16(12)19(20,18(13)25-17)7-8-22(15)10-11-1-2-11;/h4-7,14,16,18,23,28,31H,2-3,8-13H2,1H3,(H,26,29);4-5,12,16,19,25H,2-3,6-11H2,1H3;4-5,13,16,19,23-24H,1-3,6-11H2;4,6,12,14-15,17,20,23-24H,1-3,5,7-11H2;3-4,11,13,15,18,23-24H,1-2,5-10,21H2;1H/b7-6+;;;;;/t16-,18-,23?,24+,25-;16-,19?,20+,21-,22?;16-,19?,20+,21-;14-,15+,17-,20?,21-;13-,15-,18?,19+,20-;/m11101./s1. The molecule has 0 aromatic heterocycles. The highest BCUT2D eigenvalue weighted by molar-refractivity contribution is 5.95. The molecule has 13 N–H and O–H groups in total. The molecule has 1 amide bonds. The number of phenols is 5. The zero-order valence-corrected chi connectivity index (χ0v) is 79.5. The van der Waals surface area contributed by atoms with Gasteiger partial charge in [0.1, 0.15) is 36.1 Å². The molecule has 10 aliphatic heterocycles. The number of carbonyl (C=O) groups is 3. The summed E-state index contributed by atoms with van der Waals surface area (Å²) in [6.45, 7) is 14.8. The fraction of sp³-hybridized carbons (Fsp3) is 0.657. The molecule has 6 unspecified atom stereocenters. The number of quaternary nitrogens is 1. The van der Waals surface area contributed by atoms with Gasteiger partial charge in [-0.2, -0.15) is 0 Å². The molecule has 26 nitrogen and oxygen atoms in total. The molecular weight excluding hydrogens is 1780 g/mol. The van der Waals surface area contributed by atoms with Gasteiger partial charge < -0.3 is 112 Å². The van der Waals surface area contributed by atoms with Crippen LogP contribution in [0.5, 0.6) is 57.5 Å². The van der Waals surface area contributed by atoms with E-state index in [2.05, 4.69) is 49.3 Å². The van der Waals surface area contributed by atoms with E-state index in [0.29, 0.717) is 72.8 Å². The van der Waals surface area contributed by atoms with Gasteiger partial charge in [-0.05, 0) is 293 Å². The number of ketones is 1. The molecule has 10 heterocycles. The number of hydrogen-bond donors (Lipinski definition) is 12. The number of nitrogens with zero attached hydrogens (tertiary/aromatic N) is 5. The number of Topliss-reactive ketones (excluding diaryl/α,β-unsaturated/α-hetero) is 1. The molecule has 135 heavy (non-hydrogen) atoms. The number of nitrogens with two attached hydrogens (primary N) is 1. The van der Waals surface area contributed by atoms with Crippen LogP contribution in [0.2, 0.25) is 0 Å². The summed E-state index contributed by atoms with van der Waals surface area (Å²) >= 11 is 0. The molecule has 15 fully saturated rings. The van der Waals surface area contributed by atoms with Crippen molar-refractivity contribution in [2.45, 2.75) is 327 Å². The third-order valence-corrected chi connectivity index (χ3v) is 40.6. The molecule has 5 aromatic carbocycles. The Labute approximate surface area is 799 Å². The number of hydrogen-bond acceptors (Lipinski definition) is 24. The first-order valence-corrected chi connectivity index (χ1v) is 51.5. The van der Waals surface area contributed by atoms with Crippen molar-refractivity contribution in [3.05, 3.63) is 141 Å². The largest absolute Gasteiger partial charge is 1.00 e. The van der Waals surface area contributed by atoms with Crippen LogP contribution in [-0.2, 0) is 78.3 Å². The number of amides is 1. The lowest BCUT2D eigenvalue weighted by Crippen LogP contribution is -3.00. The number of aliphatic hydroxyl groups excluding tert-OH is 1. The summed E-state index contributed by atoms with van der Waals surface area (Å²) in [5.74, 6) is 7.30. The van der Waals surface area contributed by atoms with Gasteiger partial charge in [-0.1, -0.05) is 43.3 Å². The van der Waals surface area contributed by atoms with E-state index >= 15 is 0 Å². The summed E-state index contributed by atoms with van der Waals surface area (Å²) in [4.78, 5) is 47.1. The number of ether oxygens (including phenoxy) is 6. The molecule has 10 bridgehead atoms. The first-order chi connectivity index (χ1) is 64.5. The monoisotopic (exact) mass is 1910 g/mol. The highest BCUT2D eigenvalue weighted by Crippen LogP contribution is 2.73. The lowest BCUT2D eigenvalue weighted by molar-refractivity contribution is -0.950. The second kappa shape index (κ2) is 30.9. The number of likely N-dealkylation sites (tertiary alicyclic amines) is 5. The number of esters is 1. The summed E-state index contributed by atoms with van der Waals surface area (Å²) in [5.41, 5.74) is 13.1. The maximum atomic E-state index is 12.8. The fourth-order valence-corrected chi connectivity index (χ4v) is 33.8. The number of methoxy groups -OCH3 is 1. The molecule has 10 saturated carbocycles. The second-order valence-corrected chi connectivity index (χ2v) is 46.9. The van der Waals surface area contributed by atoms with Gasteiger partial charge in [0, 0.05) is 127 Å². The minimum absolute atomic E-state index is 0. The predicted octanol–water partition coefficient (Wildman–Crippen LogP) is 6.23. The van der Waals surface area contributed by atoms with Crippen molar-refractivity contribution in [3.63, 3.8) is 0 Å². The van der Waals surface area contributed by atoms with E-state index in [1.807, 2.05) is 24.3 Å². The van der Waals surface area contributed by atoms with Crippen LogP contribution in [-0.4, -0.2) is 274 Å². The van der Waals surface area contributed by atoms with E-state index in [0.717, 1.165) is 240 Å². The molecule has 5 saturated heterocycles. The van der Waals surface area contributed by atoms with Crippen LogP contribution in [0.15, 0.2) is 85.0 Å². The lowest BCUT2D eigenvalue weighted by atomic mass is 9.48. The zero-order chi connectivity index (χ0) is 91.6. The first-order valence-electron chi connectivity index (χ1n) is 51.5. The summed E-state index contributed by atoms with van der Waals surface area (Å²) in [5, 5.41) is 115.